The largest absolute Gasteiger partial charge is 0.497 e. The number of halogens is 1. The van der Waals surface area contributed by atoms with Gasteiger partial charge in [0.25, 0.3) is 0 Å². The van der Waals surface area contributed by atoms with Gasteiger partial charge in [-0.1, -0.05) is 12.1 Å². The van der Waals surface area contributed by atoms with Gasteiger partial charge in [-0.25, -0.2) is 4.39 Å². The third kappa shape index (κ3) is 6.73. The van der Waals surface area contributed by atoms with Crippen LogP contribution in [0.2, 0.25) is 0 Å². The molecule has 5 nitrogen and oxygen atoms in total. The smallest absolute Gasteiger partial charge is 0.136 e. The van der Waals surface area contributed by atoms with Crippen LogP contribution in [0, 0.1) is 17.7 Å². The minimum Gasteiger partial charge on any atom is -0.497 e. The number of nitrogens with zero attached hydrogens (tertiary/aromatic N) is 2. The third-order valence-electron chi connectivity index (χ3n) is 7.08. The second-order valence-corrected chi connectivity index (χ2v) is 10.4. The molecular formula is C28H35FN2O3S. The zero-order valence-electron chi connectivity index (χ0n) is 20.3. The zero-order valence-corrected chi connectivity index (χ0v) is 21.1. The minimum absolute atomic E-state index is 0.153. The number of hydrogen-bond donors (Lipinski definition) is 2. The number of fused-ring (bicyclic) bond motifs is 1. The van der Waals surface area contributed by atoms with Crippen molar-refractivity contribution in [1.29, 1.82) is 0 Å². The van der Waals surface area contributed by atoms with Crippen molar-refractivity contribution in [3.63, 3.8) is 0 Å². The second-order valence-electron chi connectivity index (χ2n) is 9.30. The molecular weight excluding hydrogens is 463 g/mol. The van der Waals surface area contributed by atoms with Crippen molar-refractivity contribution in [2.24, 2.45) is 11.8 Å². The molecule has 0 bridgehead atoms. The average molecular weight is 499 g/mol. The van der Waals surface area contributed by atoms with E-state index in [1.807, 2.05) is 36.4 Å². The maximum absolute atomic E-state index is 13.8. The fraction of sp³-hybridized carbons (Fsp3) is 0.464. The Bertz CT molecular complexity index is 1100. The summed E-state index contributed by atoms with van der Waals surface area (Å²) in [7, 11) is 1.64. The van der Waals surface area contributed by atoms with Crippen molar-refractivity contribution in [1.82, 2.24) is 9.88 Å². The molecule has 0 saturated carbocycles. The Balaban J connectivity index is 1.26. The van der Waals surface area contributed by atoms with E-state index < -0.39 is 6.10 Å². The Hall–Kier alpha value is -2.19. The van der Waals surface area contributed by atoms with Crippen molar-refractivity contribution < 1.29 is 19.3 Å². The molecule has 2 N–H and O–H groups in total. The number of benzene rings is 2. The number of likely N-dealkylation sites (tertiary alicyclic amines) is 1. The average Bonchev–Trinajstić information content (AvgIpc) is 2.90. The molecule has 35 heavy (non-hydrogen) atoms. The van der Waals surface area contributed by atoms with Crippen LogP contribution in [0.15, 0.2) is 59.6 Å². The van der Waals surface area contributed by atoms with Crippen molar-refractivity contribution in [3.05, 3.63) is 66.1 Å². The van der Waals surface area contributed by atoms with Crippen molar-refractivity contribution in [2.45, 2.75) is 36.7 Å². The minimum atomic E-state index is -0.583. The molecule has 7 heteroatoms. The molecule has 1 saturated heterocycles. The van der Waals surface area contributed by atoms with Crippen LogP contribution in [-0.2, 0) is 0 Å². The lowest BCUT2D eigenvalue weighted by Crippen LogP contribution is -2.42. The lowest BCUT2D eigenvalue weighted by atomic mass is 9.81. The summed E-state index contributed by atoms with van der Waals surface area (Å²) in [6.07, 6.45) is 4.68. The second kappa shape index (κ2) is 12.7. The van der Waals surface area contributed by atoms with Gasteiger partial charge in [-0.2, -0.15) is 0 Å². The number of ether oxygens (including phenoxy) is 1. The standard InChI is InChI=1S/C28H35FN2O3S/c1-34-22-8-9-26-24(17-22)23(11-13-30-26)27(33)10-7-20-12-15-31(18-21(20)19-32)14-4-16-35-28-6-3-2-5-25(28)29/h2-3,5-6,8-9,11,13,17,20-21,27,32-33H,4,7,10,12,14-16,18-19H2,1H3/t20-,21-,27?/m1/s1. The van der Waals surface area contributed by atoms with Gasteiger partial charge in [0.05, 0.1) is 18.7 Å². The number of pyridine rings is 1. The molecule has 0 spiro atoms. The summed E-state index contributed by atoms with van der Waals surface area (Å²) in [6.45, 7) is 2.99. The molecule has 1 fully saturated rings. The predicted molar refractivity (Wildman–Crippen MR) is 139 cm³/mol. The van der Waals surface area contributed by atoms with Crippen molar-refractivity contribution in [2.75, 3.05) is 39.1 Å². The van der Waals surface area contributed by atoms with Gasteiger partial charge in [0, 0.05) is 29.6 Å². The van der Waals surface area contributed by atoms with Gasteiger partial charge in [-0.15, -0.1) is 11.8 Å². The number of hydrogen-bond acceptors (Lipinski definition) is 6. The SMILES string of the molecule is COc1ccc2nccc(C(O)CC[C@@H]3CCN(CCCSc4ccccc4F)C[C@@H]3CO)c2c1. The van der Waals surface area contributed by atoms with Crippen molar-refractivity contribution in [3.8, 4) is 5.75 Å². The van der Waals surface area contributed by atoms with Crippen LogP contribution in [-0.4, -0.2) is 59.2 Å². The molecule has 1 unspecified atom stereocenters. The molecule has 1 aliphatic heterocycles. The van der Waals surface area contributed by atoms with Gasteiger partial charge in [0.1, 0.15) is 11.6 Å². The monoisotopic (exact) mass is 498 g/mol. The summed E-state index contributed by atoms with van der Waals surface area (Å²) in [5.41, 5.74) is 1.72. The Morgan fingerprint density at radius 3 is 2.86 bits per heavy atom. The molecule has 4 rings (SSSR count). The maximum atomic E-state index is 13.8. The lowest BCUT2D eigenvalue weighted by Gasteiger charge is -2.38. The first-order chi connectivity index (χ1) is 17.1. The van der Waals surface area contributed by atoms with E-state index in [2.05, 4.69) is 9.88 Å². The Labute approximate surface area is 211 Å². The highest BCUT2D eigenvalue weighted by Crippen LogP contribution is 2.33. The van der Waals surface area contributed by atoms with Crippen LogP contribution in [0.1, 0.15) is 37.4 Å². The topological polar surface area (TPSA) is 65.8 Å². The first-order valence-electron chi connectivity index (χ1n) is 12.4. The van der Waals surface area contributed by atoms with E-state index in [0.717, 1.165) is 66.9 Å². The van der Waals surface area contributed by atoms with E-state index in [0.29, 0.717) is 17.2 Å². The number of methoxy groups -OCH3 is 1. The van der Waals surface area contributed by atoms with Crippen LogP contribution >= 0.6 is 11.8 Å². The Morgan fingerprint density at radius 2 is 2.06 bits per heavy atom. The van der Waals surface area contributed by atoms with E-state index in [4.69, 9.17) is 4.74 Å². The Morgan fingerprint density at radius 1 is 1.20 bits per heavy atom. The highest BCUT2D eigenvalue weighted by atomic mass is 32.2. The van der Waals surface area contributed by atoms with Gasteiger partial charge < -0.3 is 19.8 Å². The lowest BCUT2D eigenvalue weighted by molar-refractivity contribution is 0.0581. The molecule has 1 aromatic heterocycles. The maximum Gasteiger partial charge on any atom is 0.136 e. The van der Waals surface area contributed by atoms with Gasteiger partial charge >= 0.3 is 0 Å². The van der Waals surface area contributed by atoms with E-state index in [1.54, 1.807) is 31.1 Å². The first-order valence-corrected chi connectivity index (χ1v) is 13.4. The molecule has 1 aliphatic rings. The van der Waals surface area contributed by atoms with E-state index in [9.17, 15) is 14.6 Å². The zero-order chi connectivity index (χ0) is 24.6. The molecule has 0 radical (unpaired) electrons. The summed E-state index contributed by atoms with van der Waals surface area (Å²) in [6, 6.07) is 14.5. The molecule has 0 aliphatic carbocycles. The fourth-order valence-corrected chi connectivity index (χ4v) is 5.94. The number of aliphatic hydroxyl groups excluding tert-OH is 2. The summed E-state index contributed by atoms with van der Waals surface area (Å²) < 4.78 is 19.1. The normalized spacial score (nSPS) is 19.7. The van der Waals surface area contributed by atoms with Gasteiger partial charge in [0.2, 0.25) is 0 Å². The predicted octanol–water partition coefficient (Wildman–Crippen LogP) is 5.31. The van der Waals surface area contributed by atoms with Crippen LogP contribution in [0.4, 0.5) is 4.39 Å². The molecule has 3 atom stereocenters. The molecule has 3 aromatic rings. The molecule has 188 valence electrons. The molecule has 0 amide bonds. The highest BCUT2D eigenvalue weighted by Gasteiger charge is 2.29. The summed E-state index contributed by atoms with van der Waals surface area (Å²) >= 11 is 1.56. The number of aromatic nitrogens is 1. The summed E-state index contributed by atoms with van der Waals surface area (Å²) in [5, 5.41) is 22.0. The first kappa shape index (κ1) is 25.9. The van der Waals surface area contributed by atoms with Crippen molar-refractivity contribution >= 4 is 22.7 Å². The van der Waals surface area contributed by atoms with Crippen LogP contribution in [0.3, 0.4) is 0 Å². The summed E-state index contributed by atoms with van der Waals surface area (Å²) in [4.78, 5) is 7.53. The van der Waals surface area contributed by atoms with E-state index in [-0.39, 0.29) is 18.3 Å². The van der Waals surface area contributed by atoms with Crippen LogP contribution in [0.25, 0.3) is 10.9 Å². The third-order valence-corrected chi connectivity index (χ3v) is 8.21. The van der Waals surface area contributed by atoms with Gasteiger partial charge in [-0.05, 0) is 98.3 Å². The number of aliphatic hydroxyl groups is 2. The summed E-state index contributed by atoms with van der Waals surface area (Å²) in [5.74, 6) is 2.08. The number of rotatable bonds is 11. The van der Waals surface area contributed by atoms with Crippen LogP contribution in [0.5, 0.6) is 5.75 Å². The Kier molecular flexibility index (Phi) is 9.38. The highest BCUT2D eigenvalue weighted by molar-refractivity contribution is 7.99. The van der Waals surface area contributed by atoms with Gasteiger partial charge in [-0.3, -0.25) is 4.98 Å². The molecule has 2 aromatic carbocycles. The number of piperidine rings is 1. The molecule has 2 heterocycles. The van der Waals surface area contributed by atoms with Gasteiger partial charge in [0.15, 0.2) is 0 Å². The van der Waals surface area contributed by atoms with Crippen LogP contribution < -0.4 is 4.74 Å². The van der Waals surface area contributed by atoms with E-state index >= 15 is 0 Å². The van der Waals surface area contributed by atoms with E-state index in [1.165, 1.54) is 6.07 Å². The quantitative estimate of drug-likeness (QED) is 0.276. The number of thioether (sulfide) groups is 1. The fourth-order valence-electron chi connectivity index (χ4n) is 5.07.